The summed E-state index contributed by atoms with van der Waals surface area (Å²) in [5, 5.41) is 10.1. The van der Waals surface area contributed by atoms with Gasteiger partial charge in [0.05, 0.1) is 6.10 Å². The number of benzene rings is 1. The second-order valence-electron chi connectivity index (χ2n) is 4.93. The third-order valence-corrected chi connectivity index (χ3v) is 4.49. The van der Waals surface area contributed by atoms with Crippen LogP contribution >= 0.6 is 11.8 Å². The van der Waals surface area contributed by atoms with Crippen molar-refractivity contribution in [3.05, 3.63) is 30.3 Å². The molecule has 102 valence electrons. The molecule has 2 atom stereocenters. The summed E-state index contributed by atoms with van der Waals surface area (Å²) in [5.74, 6) is 1.50. The van der Waals surface area contributed by atoms with Crippen molar-refractivity contribution >= 4 is 11.8 Å². The smallest absolute Gasteiger partial charge is 0.0636 e. The van der Waals surface area contributed by atoms with Gasteiger partial charge in [0.1, 0.15) is 0 Å². The van der Waals surface area contributed by atoms with Crippen LogP contribution in [0, 0.1) is 5.92 Å². The summed E-state index contributed by atoms with van der Waals surface area (Å²) in [5.41, 5.74) is 0. The topological polar surface area (TPSA) is 20.2 Å². The van der Waals surface area contributed by atoms with Crippen LogP contribution in [-0.4, -0.2) is 17.0 Å². The third kappa shape index (κ3) is 6.46. The molecule has 0 spiro atoms. The third-order valence-electron chi connectivity index (χ3n) is 3.33. The normalized spacial score (nSPS) is 14.4. The minimum atomic E-state index is -0.169. The molecular weight excluding hydrogens is 240 g/mol. The quantitative estimate of drug-likeness (QED) is 0.651. The molecule has 0 amide bonds. The highest BCUT2D eigenvalue weighted by Gasteiger charge is 2.12. The fourth-order valence-electron chi connectivity index (χ4n) is 2.14. The molecule has 0 aliphatic rings. The van der Waals surface area contributed by atoms with Gasteiger partial charge in [-0.05, 0) is 24.5 Å². The average molecular weight is 266 g/mol. The maximum absolute atomic E-state index is 10.1. The molecule has 0 bridgehead atoms. The Morgan fingerprint density at radius 2 is 1.89 bits per heavy atom. The summed E-state index contributed by atoms with van der Waals surface area (Å²) < 4.78 is 0. The molecule has 18 heavy (non-hydrogen) atoms. The number of rotatable bonds is 9. The van der Waals surface area contributed by atoms with Crippen molar-refractivity contribution in [3.8, 4) is 0 Å². The summed E-state index contributed by atoms with van der Waals surface area (Å²) in [6.45, 7) is 4.46. The van der Waals surface area contributed by atoms with Crippen LogP contribution in [0.5, 0.6) is 0 Å². The van der Waals surface area contributed by atoms with Gasteiger partial charge in [-0.3, -0.25) is 0 Å². The van der Waals surface area contributed by atoms with E-state index in [1.54, 1.807) is 11.8 Å². The molecule has 0 fully saturated rings. The highest BCUT2D eigenvalue weighted by atomic mass is 32.2. The van der Waals surface area contributed by atoms with Gasteiger partial charge >= 0.3 is 0 Å². The van der Waals surface area contributed by atoms with E-state index < -0.39 is 0 Å². The lowest BCUT2D eigenvalue weighted by Crippen LogP contribution is -2.15. The molecule has 0 aliphatic carbocycles. The maximum Gasteiger partial charge on any atom is 0.0636 e. The van der Waals surface area contributed by atoms with Crippen molar-refractivity contribution in [3.63, 3.8) is 0 Å². The van der Waals surface area contributed by atoms with E-state index in [2.05, 4.69) is 26.0 Å². The fourth-order valence-corrected chi connectivity index (χ4v) is 3.01. The first-order chi connectivity index (χ1) is 8.76. The Kier molecular flexibility index (Phi) is 8.19. The standard InChI is InChI=1S/C16H26OS/c1-3-5-9-14(4-2)12-15(17)13-18-16-10-7-6-8-11-16/h6-8,10-11,14-15,17H,3-5,9,12-13H2,1-2H3. The van der Waals surface area contributed by atoms with Crippen molar-refractivity contribution in [2.75, 3.05) is 5.75 Å². The molecule has 0 aliphatic heterocycles. The molecule has 2 unspecified atom stereocenters. The van der Waals surface area contributed by atoms with Crippen LogP contribution in [0.2, 0.25) is 0 Å². The first kappa shape index (κ1) is 15.6. The van der Waals surface area contributed by atoms with Crippen LogP contribution in [-0.2, 0) is 0 Å². The highest BCUT2D eigenvalue weighted by Crippen LogP contribution is 2.23. The minimum Gasteiger partial charge on any atom is -0.392 e. The number of thioether (sulfide) groups is 1. The van der Waals surface area contributed by atoms with Gasteiger partial charge in [0, 0.05) is 10.6 Å². The first-order valence-electron chi connectivity index (χ1n) is 7.12. The van der Waals surface area contributed by atoms with Gasteiger partial charge in [0.25, 0.3) is 0 Å². The van der Waals surface area contributed by atoms with Gasteiger partial charge in [0.15, 0.2) is 0 Å². The van der Waals surface area contributed by atoms with Crippen LogP contribution < -0.4 is 0 Å². The SMILES string of the molecule is CCCCC(CC)CC(O)CSc1ccccc1. The zero-order valence-corrected chi connectivity index (χ0v) is 12.5. The summed E-state index contributed by atoms with van der Waals surface area (Å²) in [6, 6.07) is 10.3. The van der Waals surface area contributed by atoms with Crippen LogP contribution in [0.4, 0.5) is 0 Å². The van der Waals surface area contributed by atoms with E-state index in [4.69, 9.17) is 0 Å². The highest BCUT2D eigenvalue weighted by molar-refractivity contribution is 7.99. The van der Waals surface area contributed by atoms with E-state index in [1.165, 1.54) is 30.6 Å². The molecule has 0 aromatic heterocycles. The Morgan fingerprint density at radius 3 is 2.50 bits per heavy atom. The van der Waals surface area contributed by atoms with E-state index in [0.29, 0.717) is 5.92 Å². The van der Waals surface area contributed by atoms with Crippen LogP contribution in [0.3, 0.4) is 0 Å². The second-order valence-corrected chi connectivity index (χ2v) is 6.02. The Bertz CT molecular complexity index is 299. The molecular formula is C16H26OS. The number of hydrogen-bond acceptors (Lipinski definition) is 2. The van der Waals surface area contributed by atoms with Gasteiger partial charge in [-0.1, -0.05) is 57.7 Å². The Labute approximate surface area is 116 Å². The molecule has 2 heteroatoms. The predicted octanol–water partition coefficient (Wildman–Crippen LogP) is 4.75. The zero-order chi connectivity index (χ0) is 13.2. The van der Waals surface area contributed by atoms with Gasteiger partial charge < -0.3 is 5.11 Å². The fraction of sp³-hybridized carbons (Fsp3) is 0.625. The molecule has 1 nitrogen and oxygen atoms in total. The molecule has 0 saturated carbocycles. The lowest BCUT2D eigenvalue weighted by atomic mass is 9.94. The number of unbranched alkanes of at least 4 members (excludes halogenated alkanes) is 1. The zero-order valence-electron chi connectivity index (χ0n) is 11.6. The first-order valence-corrected chi connectivity index (χ1v) is 8.10. The lowest BCUT2D eigenvalue weighted by molar-refractivity contribution is 0.159. The summed E-state index contributed by atoms with van der Waals surface area (Å²) >= 11 is 1.75. The Balaban J connectivity index is 2.25. The van der Waals surface area contributed by atoms with Crippen molar-refractivity contribution in [1.29, 1.82) is 0 Å². The molecule has 0 saturated heterocycles. The van der Waals surface area contributed by atoms with Crippen molar-refractivity contribution < 1.29 is 5.11 Å². The summed E-state index contributed by atoms with van der Waals surface area (Å²) in [7, 11) is 0. The monoisotopic (exact) mass is 266 g/mol. The van der Waals surface area contributed by atoms with E-state index >= 15 is 0 Å². The summed E-state index contributed by atoms with van der Waals surface area (Å²) in [6.07, 6.45) is 5.78. The molecule has 0 radical (unpaired) electrons. The second kappa shape index (κ2) is 9.46. The molecule has 1 aromatic rings. The van der Waals surface area contributed by atoms with Crippen LogP contribution in [0.25, 0.3) is 0 Å². The molecule has 1 aromatic carbocycles. The van der Waals surface area contributed by atoms with Crippen LogP contribution in [0.15, 0.2) is 35.2 Å². The maximum atomic E-state index is 10.1. The van der Waals surface area contributed by atoms with E-state index in [9.17, 15) is 5.11 Å². The van der Waals surface area contributed by atoms with Gasteiger partial charge in [-0.25, -0.2) is 0 Å². The Morgan fingerprint density at radius 1 is 1.17 bits per heavy atom. The van der Waals surface area contributed by atoms with Gasteiger partial charge in [-0.15, -0.1) is 11.8 Å². The van der Waals surface area contributed by atoms with Crippen LogP contribution in [0.1, 0.15) is 46.0 Å². The van der Waals surface area contributed by atoms with Gasteiger partial charge in [0.2, 0.25) is 0 Å². The van der Waals surface area contributed by atoms with E-state index in [-0.39, 0.29) is 6.10 Å². The minimum absolute atomic E-state index is 0.169. The van der Waals surface area contributed by atoms with Crippen molar-refractivity contribution in [2.45, 2.75) is 57.0 Å². The van der Waals surface area contributed by atoms with E-state index in [1.807, 2.05) is 18.2 Å². The Hall–Kier alpha value is -0.470. The molecule has 1 N–H and O–H groups in total. The van der Waals surface area contributed by atoms with Gasteiger partial charge in [-0.2, -0.15) is 0 Å². The number of aliphatic hydroxyl groups excluding tert-OH is 1. The molecule has 0 heterocycles. The van der Waals surface area contributed by atoms with Crippen molar-refractivity contribution in [2.24, 2.45) is 5.92 Å². The summed E-state index contributed by atoms with van der Waals surface area (Å²) in [4.78, 5) is 1.25. The number of hydrogen-bond donors (Lipinski definition) is 1. The number of aliphatic hydroxyl groups is 1. The average Bonchev–Trinajstić information content (AvgIpc) is 2.42. The molecule has 1 rings (SSSR count). The lowest BCUT2D eigenvalue weighted by Gasteiger charge is -2.18. The predicted molar refractivity (Wildman–Crippen MR) is 81.1 cm³/mol. The van der Waals surface area contributed by atoms with E-state index in [0.717, 1.165) is 12.2 Å². The largest absolute Gasteiger partial charge is 0.392 e. The van der Waals surface area contributed by atoms with Crippen molar-refractivity contribution in [1.82, 2.24) is 0 Å².